The molecule has 1 amide bonds. The third-order valence-electron chi connectivity index (χ3n) is 2.60. The number of amides is 1. The number of hydrogen-bond acceptors (Lipinski definition) is 3. The van der Waals surface area contributed by atoms with E-state index in [0.29, 0.717) is 16.3 Å². The zero-order valence-electron chi connectivity index (χ0n) is 10.9. The average molecular weight is 301 g/mol. The summed E-state index contributed by atoms with van der Waals surface area (Å²) in [7, 11) is 0. The van der Waals surface area contributed by atoms with E-state index in [1.54, 1.807) is 18.2 Å². The molecule has 4 nitrogen and oxygen atoms in total. The van der Waals surface area contributed by atoms with Crippen molar-refractivity contribution in [2.24, 2.45) is 5.73 Å². The molecule has 0 saturated carbocycles. The third-order valence-corrected chi connectivity index (χ3v) is 3.12. The Morgan fingerprint density at radius 1 is 1.58 bits per heavy atom. The van der Waals surface area contributed by atoms with Crippen LogP contribution in [0.5, 0.6) is 5.75 Å². The van der Waals surface area contributed by atoms with Crippen LogP contribution >= 0.6 is 23.8 Å². The Bertz CT molecular complexity index is 480. The first-order chi connectivity index (χ1) is 8.95. The number of ether oxygens (including phenoxy) is 1. The van der Waals surface area contributed by atoms with Crippen molar-refractivity contribution in [1.82, 2.24) is 5.32 Å². The summed E-state index contributed by atoms with van der Waals surface area (Å²) in [6, 6.07) is 5.18. The van der Waals surface area contributed by atoms with Crippen molar-refractivity contribution < 1.29 is 9.53 Å². The first-order valence-electron chi connectivity index (χ1n) is 5.96. The summed E-state index contributed by atoms with van der Waals surface area (Å²) in [5.74, 6) is 0.225. The highest BCUT2D eigenvalue weighted by Crippen LogP contribution is 2.26. The molecule has 104 valence electrons. The smallest absolute Gasteiger partial charge is 0.258 e. The molecule has 0 saturated heterocycles. The van der Waals surface area contributed by atoms with Crippen molar-refractivity contribution in [2.75, 3.05) is 6.61 Å². The van der Waals surface area contributed by atoms with E-state index >= 15 is 0 Å². The summed E-state index contributed by atoms with van der Waals surface area (Å²) in [4.78, 5) is 11.8. The molecule has 0 heterocycles. The highest BCUT2D eigenvalue weighted by Gasteiger charge is 2.13. The third kappa shape index (κ3) is 4.69. The van der Waals surface area contributed by atoms with Gasteiger partial charge in [-0.2, -0.15) is 0 Å². The Morgan fingerprint density at radius 2 is 2.26 bits per heavy atom. The van der Waals surface area contributed by atoms with Gasteiger partial charge in [0.25, 0.3) is 5.91 Å². The Hall–Kier alpha value is -1.33. The number of benzene rings is 1. The molecule has 1 aromatic carbocycles. The molecule has 0 aliphatic carbocycles. The van der Waals surface area contributed by atoms with E-state index in [1.807, 2.05) is 13.8 Å². The number of carbonyl (C=O) groups is 1. The summed E-state index contributed by atoms with van der Waals surface area (Å²) in [5.41, 5.74) is 6.04. The molecular weight excluding hydrogens is 284 g/mol. The largest absolute Gasteiger partial charge is 0.483 e. The van der Waals surface area contributed by atoms with Crippen molar-refractivity contribution in [3.63, 3.8) is 0 Å². The summed E-state index contributed by atoms with van der Waals surface area (Å²) < 4.78 is 5.42. The monoisotopic (exact) mass is 300 g/mol. The van der Waals surface area contributed by atoms with E-state index in [9.17, 15) is 4.79 Å². The zero-order chi connectivity index (χ0) is 14.4. The lowest BCUT2D eigenvalue weighted by Crippen LogP contribution is -2.35. The van der Waals surface area contributed by atoms with E-state index in [2.05, 4.69) is 5.32 Å². The van der Waals surface area contributed by atoms with Crippen LogP contribution in [0.1, 0.15) is 25.8 Å². The molecule has 0 aliphatic rings. The second kappa shape index (κ2) is 7.31. The van der Waals surface area contributed by atoms with E-state index in [0.717, 1.165) is 6.42 Å². The molecule has 1 unspecified atom stereocenters. The molecular formula is C13H17ClN2O2S. The van der Waals surface area contributed by atoms with Gasteiger partial charge in [0.15, 0.2) is 6.61 Å². The quantitative estimate of drug-likeness (QED) is 0.791. The molecule has 6 heteroatoms. The number of hydrogen-bond donors (Lipinski definition) is 2. The van der Waals surface area contributed by atoms with Gasteiger partial charge in [0, 0.05) is 6.04 Å². The fraction of sp³-hybridized carbons (Fsp3) is 0.385. The summed E-state index contributed by atoms with van der Waals surface area (Å²) in [6.07, 6.45) is 0.862. The Morgan fingerprint density at radius 3 is 2.84 bits per heavy atom. The minimum atomic E-state index is -0.191. The molecule has 0 radical (unpaired) electrons. The number of nitrogens with two attached hydrogens (primary N) is 1. The lowest BCUT2D eigenvalue weighted by Gasteiger charge is -2.14. The van der Waals surface area contributed by atoms with Crippen LogP contribution in [-0.2, 0) is 4.79 Å². The van der Waals surface area contributed by atoms with Crippen LogP contribution < -0.4 is 15.8 Å². The van der Waals surface area contributed by atoms with Gasteiger partial charge in [0.2, 0.25) is 0 Å². The second-order valence-electron chi connectivity index (χ2n) is 4.14. The molecule has 0 aromatic heterocycles. The summed E-state index contributed by atoms with van der Waals surface area (Å²) in [5, 5.41) is 3.21. The second-order valence-corrected chi connectivity index (χ2v) is 4.99. The van der Waals surface area contributed by atoms with E-state index in [4.69, 9.17) is 34.3 Å². The molecule has 1 aromatic rings. The molecule has 0 spiro atoms. The van der Waals surface area contributed by atoms with Crippen molar-refractivity contribution in [1.29, 1.82) is 0 Å². The first kappa shape index (κ1) is 15.7. The van der Waals surface area contributed by atoms with Gasteiger partial charge in [-0.1, -0.05) is 36.8 Å². The maximum atomic E-state index is 11.6. The van der Waals surface area contributed by atoms with Crippen molar-refractivity contribution in [3.05, 3.63) is 28.8 Å². The topological polar surface area (TPSA) is 64.3 Å². The molecule has 0 aliphatic heterocycles. The molecule has 3 N–H and O–H groups in total. The van der Waals surface area contributed by atoms with Crippen LogP contribution in [0.4, 0.5) is 0 Å². The Balaban J connectivity index is 2.71. The van der Waals surface area contributed by atoms with Crippen LogP contribution in [-0.4, -0.2) is 23.5 Å². The predicted molar refractivity (Wildman–Crippen MR) is 80.7 cm³/mol. The maximum absolute atomic E-state index is 11.6. The van der Waals surface area contributed by atoms with Crippen LogP contribution in [0, 0.1) is 0 Å². The first-order valence-corrected chi connectivity index (χ1v) is 6.74. The van der Waals surface area contributed by atoms with Gasteiger partial charge in [-0.05, 0) is 25.5 Å². The number of rotatable bonds is 6. The summed E-state index contributed by atoms with van der Waals surface area (Å²) >= 11 is 10.9. The van der Waals surface area contributed by atoms with Gasteiger partial charge >= 0.3 is 0 Å². The fourth-order valence-electron chi connectivity index (χ4n) is 1.43. The van der Waals surface area contributed by atoms with Crippen LogP contribution in [0.2, 0.25) is 5.02 Å². The van der Waals surface area contributed by atoms with Gasteiger partial charge in [-0.25, -0.2) is 0 Å². The minimum absolute atomic E-state index is 0.0969. The van der Waals surface area contributed by atoms with Crippen molar-refractivity contribution in [3.8, 4) is 5.75 Å². The molecule has 0 fully saturated rings. The lowest BCUT2D eigenvalue weighted by molar-refractivity contribution is -0.123. The number of halogens is 1. The van der Waals surface area contributed by atoms with Gasteiger partial charge in [-0.3, -0.25) is 4.79 Å². The van der Waals surface area contributed by atoms with Gasteiger partial charge < -0.3 is 15.8 Å². The normalized spacial score (nSPS) is 11.7. The average Bonchev–Trinajstić information content (AvgIpc) is 2.35. The number of nitrogens with one attached hydrogen (secondary N) is 1. The molecule has 0 bridgehead atoms. The Labute approximate surface area is 123 Å². The van der Waals surface area contributed by atoms with Gasteiger partial charge in [0.1, 0.15) is 10.7 Å². The highest BCUT2D eigenvalue weighted by atomic mass is 35.5. The van der Waals surface area contributed by atoms with Crippen LogP contribution in [0.3, 0.4) is 0 Å². The lowest BCUT2D eigenvalue weighted by atomic mass is 10.2. The minimum Gasteiger partial charge on any atom is -0.483 e. The van der Waals surface area contributed by atoms with Gasteiger partial charge in [-0.15, -0.1) is 0 Å². The fourth-order valence-corrected chi connectivity index (χ4v) is 1.96. The predicted octanol–water partition coefficient (Wildman–Crippen LogP) is 2.27. The van der Waals surface area contributed by atoms with E-state index in [-0.39, 0.29) is 23.5 Å². The number of thiocarbonyl (C=S) groups is 1. The Kier molecular flexibility index (Phi) is 6.05. The summed E-state index contributed by atoms with van der Waals surface area (Å²) in [6.45, 7) is 3.83. The van der Waals surface area contributed by atoms with Gasteiger partial charge in [0.05, 0.1) is 10.6 Å². The SMILES string of the molecule is CCC(C)NC(=O)COc1cccc(Cl)c1C(N)=S. The van der Waals surface area contributed by atoms with Crippen LogP contribution in [0.15, 0.2) is 18.2 Å². The van der Waals surface area contributed by atoms with Crippen molar-refractivity contribution in [2.45, 2.75) is 26.3 Å². The molecule has 19 heavy (non-hydrogen) atoms. The number of carbonyl (C=O) groups excluding carboxylic acids is 1. The highest BCUT2D eigenvalue weighted by molar-refractivity contribution is 7.80. The molecule has 1 rings (SSSR count). The van der Waals surface area contributed by atoms with Crippen LogP contribution in [0.25, 0.3) is 0 Å². The van der Waals surface area contributed by atoms with E-state index < -0.39 is 0 Å². The van der Waals surface area contributed by atoms with E-state index in [1.165, 1.54) is 0 Å². The van der Waals surface area contributed by atoms with Crippen molar-refractivity contribution >= 4 is 34.7 Å². The molecule has 1 atom stereocenters. The zero-order valence-corrected chi connectivity index (χ0v) is 12.5. The standard InChI is InChI=1S/C13H17ClN2O2S/c1-3-8(2)16-11(17)7-18-10-6-4-5-9(14)12(10)13(15)19/h4-6,8H,3,7H2,1-2H3,(H2,15,19)(H,16,17). The maximum Gasteiger partial charge on any atom is 0.258 e.